The summed E-state index contributed by atoms with van der Waals surface area (Å²) in [6.07, 6.45) is 1.91. The van der Waals surface area contributed by atoms with E-state index in [1.54, 1.807) is 12.1 Å². The second kappa shape index (κ2) is 10.6. The van der Waals surface area contributed by atoms with E-state index in [2.05, 4.69) is 4.98 Å². The van der Waals surface area contributed by atoms with Gasteiger partial charge in [0.2, 0.25) is 5.75 Å². The molecule has 2 aromatic rings. The van der Waals surface area contributed by atoms with Gasteiger partial charge in [-0.2, -0.15) is 0 Å². The van der Waals surface area contributed by atoms with Crippen molar-refractivity contribution in [1.82, 2.24) is 24.3 Å². The number of fused-ring (bicyclic) bond motifs is 1. The molecule has 192 valence electrons. The smallest absolute Gasteiger partial charge is 0.312 e. The van der Waals surface area contributed by atoms with E-state index in [1.807, 2.05) is 11.9 Å². The number of carbonyl (C=O) groups is 3. The van der Waals surface area contributed by atoms with Gasteiger partial charge >= 0.3 is 11.8 Å². The van der Waals surface area contributed by atoms with Crippen molar-refractivity contribution in [2.45, 2.75) is 38.3 Å². The number of aromatic nitrogens is 2. The lowest BCUT2D eigenvalue weighted by molar-refractivity contribution is -0.152. The number of hydrogen-bond donors (Lipinski definition) is 1. The van der Waals surface area contributed by atoms with Crippen LogP contribution >= 0.6 is 0 Å². The lowest BCUT2D eigenvalue weighted by Crippen LogP contribution is -2.46. The van der Waals surface area contributed by atoms with E-state index >= 15 is 0 Å². The normalized spacial score (nSPS) is 18.0. The van der Waals surface area contributed by atoms with E-state index in [9.17, 15) is 28.7 Å². The third kappa shape index (κ3) is 5.15. The number of amides is 2. The number of halogens is 1. The van der Waals surface area contributed by atoms with Gasteiger partial charge in [-0.25, -0.2) is 9.37 Å². The summed E-state index contributed by atoms with van der Waals surface area (Å²) in [6, 6.07) is 4.93. The number of nitrogens with zero attached hydrogens (tertiary/aromatic N) is 5. The largest absolute Gasteiger partial charge is 0.501 e. The predicted molar refractivity (Wildman–Crippen MR) is 128 cm³/mol. The van der Waals surface area contributed by atoms with Crippen molar-refractivity contribution in [3.05, 3.63) is 57.5 Å². The lowest BCUT2D eigenvalue weighted by Gasteiger charge is -2.30. The van der Waals surface area contributed by atoms with Gasteiger partial charge in [0, 0.05) is 46.2 Å². The first-order valence-electron chi connectivity index (χ1n) is 12.0. The van der Waals surface area contributed by atoms with Crippen LogP contribution in [0.25, 0.3) is 0 Å². The van der Waals surface area contributed by atoms with Crippen LogP contribution in [0.3, 0.4) is 0 Å². The number of likely N-dealkylation sites (tertiary alicyclic amines) is 1. The average molecular weight is 500 g/mol. The molecule has 1 atom stereocenters. The monoisotopic (exact) mass is 499 g/mol. The Hall–Kier alpha value is -3.60. The number of benzene rings is 1. The number of hydrogen-bond acceptors (Lipinski definition) is 7. The highest BCUT2D eigenvalue weighted by atomic mass is 19.1. The molecule has 1 aromatic heterocycles. The van der Waals surface area contributed by atoms with E-state index in [-0.39, 0.29) is 43.3 Å². The molecule has 1 N–H and O–H groups in total. The third-order valence-electron chi connectivity index (χ3n) is 6.85. The first kappa shape index (κ1) is 25.5. The summed E-state index contributed by atoms with van der Waals surface area (Å²) in [5.74, 6) is -2.84. The van der Waals surface area contributed by atoms with Crippen molar-refractivity contribution in [2.24, 2.45) is 0 Å². The summed E-state index contributed by atoms with van der Waals surface area (Å²) in [6.45, 7) is 1.99. The Bertz CT molecular complexity index is 1220. The van der Waals surface area contributed by atoms with E-state index in [0.717, 1.165) is 18.4 Å². The highest BCUT2D eigenvalue weighted by Crippen LogP contribution is 2.25. The van der Waals surface area contributed by atoms with Gasteiger partial charge in [0.05, 0.1) is 0 Å². The fraction of sp³-hybridized carbons (Fsp3) is 0.480. The molecule has 4 rings (SSSR count). The van der Waals surface area contributed by atoms with Crippen molar-refractivity contribution in [3.63, 3.8) is 0 Å². The van der Waals surface area contributed by atoms with Crippen LogP contribution in [-0.4, -0.2) is 87.2 Å². The minimum Gasteiger partial charge on any atom is -0.501 e. The summed E-state index contributed by atoms with van der Waals surface area (Å²) in [5, 5.41) is 10.6. The molecule has 10 nitrogen and oxygen atoms in total. The molecule has 1 aromatic carbocycles. The van der Waals surface area contributed by atoms with Gasteiger partial charge in [-0.3, -0.25) is 23.7 Å². The molecule has 36 heavy (non-hydrogen) atoms. The van der Waals surface area contributed by atoms with Crippen LogP contribution in [-0.2, 0) is 22.6 Å². The summed E-state index contributed by atoms with van der Waals surface area (Å²) in [4.78, 5) is 61.0. The summed E-state index contributed by atoms with van der Waals surface area (Å²) in [7, 11) is 3.30. The molecule has 0 bridgehead atoms. The van der Waals surface area contributed by atoms with Gasteiger partial charge in [0.15, 0.2) is 11.5 Å². The Morgan fingerprint density at radius 2 is 1.78 bits per heavy atom. The standard InChI is InChI=1S/C25H30FN5O5/c1-28-13-14-31-22(18(15-28)29(2)24(35)25(36)30-11-3-4-12-30)27-20(21(33)23(31)34)19(32)10-7-16-5-8-17(26)9-6-16/h5-6,8-9,18,33H,3-4,7,10-15H2,1-2H3. The Morgan fingerprint density at radius 1 is 1.11 bits per heavy atom. The van der Waals surface area contributed by atoms with E-state index in [0.29, 0.717) is 19.6 Å². The van der Waals surface area contributed by atoms with Crippen LogP contribution in [0.2, 0.25) is 0 Å². The molecule has 1 fully saturated rings. The van der Waals surface area contributed by atoms with Crippen molar-refractivity contribution in [3.8, 4) is 5.75 Å². The van der Waals surface area contributed by atoms with Crippen LogP contribution in [0.5, 0.6) is 5.75 Å². The highest BCUT2D eigenvalue weighted by Gasteiger charge is 2.36. The van der Waals surface area contributed by atoms with Crippen LogP contribution in [0, 0.1) is 5.82 Å². The maximum atomic E-state index is 13.2. The molecular weight excluding hydrogens is 469 g/mol. The number of aromatic hydroxyl groups is 1. The van der Waals surface area contributed by atoms with Gasteiger partial charge in [0.25, 0.3) is 5.56 Å². The van der Waals surface area contributed by atoms with Gasteiger partial charge < -0.3 is 19.8 Å². The fourth-order valence-corrected chi connectivity index (χ4v) is 4.64. The number of likely N-dealkylation sites (N-methyl/N-ethyl adjacent to an activating group) is 2. The molecule has 3 heterocycles. The molecule has 2 amide bonds. The van der Waals surface area contributed by atoms with Crippen LogP contribution in [0.1, 0.15) is 47.2 Å². The molecule has 0 radical (unpaired) electrons. The Morgan fingerprint density at radius 3 is 2.44 bits per heavy atom. The topological polar surface area (TPSA) is 116 Å². The number of ketones is 1. The second-order valence-electron chi connectivity index (χ2n) is 9.37. The fourth-order valence-electron chi connectivity index (χ4n) is 4.64. The van der Waals surface area contributed by atoms with Crippen molar-refractivity contribution < 1.29 is 23.9 Å². The summed E-state index contributed by atoms with van der Waals surface area (Å²) < 4.78 is 14.4. The number of rotatable bonds is 5. The molecule has 0 saturated carbocycles. The number of carbonyl (C=O) groups excluding carboxylic acids is 3. The van der Waals surface area contributed by atoms with Crippen molar-refractivity contribution in [1.29, 1.82) is 0 Å². The van der Waals surface area contributed by atoms with Crippen LogP contribution in [0.4, 0.5) is 4.39 Å². The van der Waals surface area contributed by atoms with Crippen molar-refractivity contribution >= 4 is 17.6 Å². The molecule has 2 aliphatic rings. The Labute approximate surface area is 207 Å². The van der Waals surface area contributed by atoms with Gasteiger partial charge in [0.1, 0.15) is 17.7 Å². The molecule has 1 unspecified atom stereocenters. The summed E-state index contributed by atoms with van der Waals surface area (Å²) >= 11 is 0. The molecular formula is C25H30FN5O5. The van der Waals surface area contributed by atoms with E-state index in [1.165, 1.54) is 33.5 Å². The quantitative estimate of drug-likeness (QED) is 0.481. The molecule has 1 saturated heterocycles. The number of aryl methyl sites for hydroxylation is 1. The van der Waals surface area contributed by atoms with Crippen molar-refractivity contribution in [2.75, 3.05) is 40.3 Å². The average Bonchev–Trinajstić information content (AvgIpc) is 3.35. The number of Topliss-reactive ketones (excluding diaryl/α,β-unsaturated/α-hetero) is 1. The zero-order valence-corrected chi connectivity index (χ0v) is 20.4. The van der Waals surface area contributed by atoms with Gasteiger partial charge in [-0.15, -0.1) is 0 Å². The van der Waals surface area contributed by atoms with E-state index in [4.69, 9.17) is 0 Å². The van der Waals surface area contributed by atoms with Crippen LogP contribution in [0.15, 0.2) is 29.1 Å². The summed E-state index contributed by atoms with van der Waals surface area (Å²) in [5.41, 5.74) is -0.409. The molecule has 2 aliphatic heterocycles. The first-order chi connectivity index (χ1) is 17.2. The minimum absolute atomic E-state index is 0.0537. The van der Waals surface area contributed by atoms with Gasteiger partial charge in [-0.05, 0) is 44.0 Å². The molecule has 0 aliphatic carbocycles. The zero-order chi connectivity index (χ0) is 26.0. The Kier molecular flexibility index (Phi) is 7.48. The van der Waals surface area contributed by atoms with Gasteiger partial charge in [-0.1, -0.05) is 12.1 Å². The second-order valence-corrected chi connectivity index (χ2v) is 9.37. The Balaban J connectivity index is 1.64. The maximum Gasteiger partial charge on any atom is 0.312 e. The molecule has 0 spiro atoms. The SMILES string of the molecule is CN1CCn2c(nc(C(=O)CCc3ccc(F)cc3)c(O)c2=O)C(N(C)C(=O)C(=O)N2CCCC2)C1. The highest BCUT2D eigenvalue weighted by molar-refractivity contribution is 6.34. The zero-order valence-electron chi connectivity index (χ0n) is 20.4. The predicted octanol–water partition coefficient (Wildman–Crippen LogP) is 0.971. The van der Waals surface area contributed by atoms with E-state index < -0.39 is 34.9 Å². The minimum atomic E-state index is -0.784. The molecule has 11 heteroatoms. The maximum absolute atomic E-state index is 13.2. The lowest BCUT2D eigenvalue weighted by atomic mass is 10.1. The van der Waals surface area contributed by atoms with Crippen LogP contribution < -0.4 is 5.56 Å². The first-order valence-corrected chi connectivity index (χ1v) is 12.0. The third-order valence-corrected chi connectivity index (χ3v) is 6.85.